The molecule has 0 saturated heterocycles. The van der Waals surface area contributed by atoms with Gasteiger partial charge in [-0.1, -0.05) is 30.7 Å². The largest absolute Gasteiger partial charge is 0.326 e. The summed E-state index contributed by atoms with van der Waals surface area (Å²) in [4.78, 5) is 23.9. The second-order valence-electron chi connectivity index (χ2n) is 5.32. The average molecular weight is 381 g/mol. The van der Waals surface area contributed by atoms with Crippen LogP contribution in [0.1, 0.15) is 23.7 Å². The van der Waals surface area contributed by atoms with Crippen molar-refractivity contribution in [2.24, 2.45) is 0 Å². The molecule has 2 aromatic rings. The van der Waals surface area contributed by atoms with Crippen molar-refractivity contribution in [3.05, 3.63) is 53.1 Å². The van der Waals surface area contributed by atoms with Gasteiger partial charge in [-0.2, -0.15) is 0 Å². The molecule has 0 atom stereocenters. The highest BCUT2D eigenvalue weighted by Gasteiger charge is 2.19. The minimum absolute atomic E-state index is 0.0177. The fourth-order valence-corrected chi connectivity index (χ4v) is 3.17. The molecular weight excluding hydrogens is 364 g/mol. The zero-order valence-electron chi connectivity index (χ0n) is 13.7. The molecule has 2 N–H and O–H groups in total. The minimum atomic E-state index is -3.56. The van der Waals surface area contributed by atoms with Gasteiger partial charge in [0.15, 0.2) is 9.84 Å². The average Bonchev–Trinajstić information content (AvgIpc) is 2.57. The summed E-state index contributed by atoms with van der Waals surface area (Å²) in [5.74, 6) is -0.788. The Balaban J connectivity index is 2.33. The van der Waals surface area contributed by atoms with Gasteiger partial charge in [0.1, 0.15) is 0 Å². The molecule has 132 valence electrons. The molecule has 0 heterocycles. The van der Waals surface area contributed by atoms with E-state index in [2.05, 4.69) is 10.6 Å². The van der Waals surface area contributed by atoms with Gasteiger partial charge in [0.2, 0.25) is 5.91 Å². The van der Waals surface area contributed by atoms with Crippen molar-refractivity contribution < 1.29 is 18.0 Å². The first-order valence-electron chi connectivity index (χ1n) is 7.42. The summed E-state index contributed by atoms with van der Waals surface area (Å²) < 4.78 is 23.7. The standard InChI is InChI=1S/C17H17ClN2O4S/c1-3-16(21)19-11-8-9-13(18)14(10-11)20-17(22)12-6-4-5-7-15(12)25(2,23)24/h4-10H,3H2,1-2H3,(H,19,21)(H,20,22). The molecule has 25 heavy (non-hydrogen) atoms. The van der Waals surface area contributed by atoms with Crippen LogP contribution in [0.25, 0.3) is 0 Å². The van der Waals surface area contributed by atoms with E-state index in [1.54, 1.807) is 25.1 Å². The molecule has 2 amide bonds. The Kier molecular flexibility index (Phi) is 5.81. The van der Waals surface area contributed by atoms with E-state index in [-0.39, 0.29) is 27.1 Å². The zero-order valence-corrected chi connectivity index (χ0v) is 15.2. The van der Waals surface area contributed by atoms with Gasteiger partial charge in [-0.3, -0.25) is 9.59 Å². The monoisotopic (exact) mass is 380 g/mol. The first kappa shape index (κ1) is 19.0. The topological polar surface area (TPSA) is 92.3 Å². The van der Waals surface area contributed by atoms with Gasteiger partial charge in [-0.25, -0.2) is 8.42 Å². The number of hydrogen-bond acceptors (Lipinski definition) is 4. The molecule has 2 aromatic carbocycles. The van der Waals surface area contributed by atoms with Crippen LogP contribution in [0, 0.1) is 0 Å². The highest BCUT2D eigenvalue weighted by atomic mass is 35.5. The third-order valence-corrected chi connectivity index (χ3v) is 4.84. The SMILES string of the molecule is CCC(=O)Nc1ccc(Cl)c(NC(=O)c2ccccc2S(C)(=O)=O)c1. The van der Waals surface area contributed by atoms with Crippen LogP contribution in [0.5, 0.6) is 0 Å². The number of rotatable bonds is 5. The van der Waals surface area contributed by atoms with Crippen LogP contribution >= 0.6 is 11.6 Å². The van der Waals surface area contributed by atoms with Gasteiger partial charge in [-0.05, 0) is 30.3 Å². The number of anilines is 2. The highest BCUT2D eigenvalue weighted by molar-refractivity contribution is 7.90. The van der Waals surface area contributed by atoms with E-state index >= 15 is 0 Å². The van der Waals surface area contributed by atoms with E-state index in [1.807, 2.05) is 0 Å². The van der Waals surface area contributed by atoms with E-state index in [0.717, 1.165) is 6.26 Å². The van der Waals surface area contributed by atoms with Crippen LogP contribution in [0.15, 0.2) is 47.4 Å². The van der Waals surface area contributed by atoms with Crippen LogP contribution < -0.4 is 10.6 Å². The molecule has 0 fully saturated rings. The van der Waals surface area contributed by atoms with Crippen molar-refractivity contribution in [1.82, 2.24) is 0 Å². The van der Waals surface area contributed by atoms with Crippen molar-refractivity contribution in [2.45, 2.75) is 18.2 Å². The normalized spacial score (nSPS) is 11.0. The first-order chi connectivity index (χ1) is 11.7. The van der Waals surface area contributed by atoms with E-state index in [1.165, 1.54) is 24.3 Å². The van der Waals surface area contributed by atoms with Crippen LogP contribution in [-0.4, -0.2) is 26.5 Å². The van der Waals surface area contributed by atoms with Crippen LogP contribution in [0.3, 0.4) is 0 Å². The third kappa shape index (κ3) is 4.80. The lowest BCUT2D eigenvalue weighted by Gasteiger charge is -2.12. The van der Waals surface area contributed by atoms with Crippen LogP contribution in [0.4, 0.5) is 11.4 Å². The number of carbonyl (C=O) groups is 2. The Morgan fingerprint density at radius 1 is 1.08 bits per heavy atom. The number of nitrogens with one attached hydrogen (secondary N) is 2. The lowest BCUT2D eigenvalue weighted by atomic mass is 10.2. The van der Waals surface area contributed by atoms with Gasteiger partial charge in [0.25, 0.3) is 5.91 Å². The quantitative estimate of drug-likeness (QED) is 0.831. The summed E-state index contributed by atoms with van der Waals surface area (Å²) in [6, 6.07) is 10.5. The molecule has 0 aromatic heterocycles. The molecule has 2 rings (SSSR count). The van der Waals surface area contributed by atoms with Gasteiger partial charge < -0.3 is 10.6 Å². The molecule has 0 unspecified atom stereocenters. The smallest absolute Gasteiger partial charge is 0.257 e. The molecule has 6 nitrogen and oxygen atoms in total. The fraction of sp³-hybridized carbons (Fsp3) is 0.176. The number of benzene rings is 2. The minimum Gasteiger partial charge on any atom is -0.326 e. The Hall–Kier alpha value is -2.38. The summed E-state index contributed by atoms with van der Waals surface area (Å²) in [7, 11) is -3.56. The van der Waals surface area contributed by atoms with Crippen molar-refractivity contribution in [2.75, 3.05) is 16.9 Å². The van der Waals surface area contributed by atoms with E-state index < -0.39 is 15.7 Å². The zero-order chi connectivity index (χ0) is 18.6. The summed E-state index contributed by atoms with van der Waals surface area (Å²) in [5.41, 5.74) is 0.760. The Morgan fingerprint density at radius 2 is 1.76 bits per heavy atom. The molecule has 0 aliphatic rings. The molecule has 8 heteroatoms. The lowest BCUT2D eigenvalue weighted by Crippen LogP contribution is -2.16. The van der Waals surface area contributed by atoms with Gasteiger partial charge in [0, 0.05) is 18.4 Å². The lowest BCUT2D eigenvalue weighted by molar-refractivity contribution is -0.115. The van der Waals surface area contributed by atoms with Crippen molar-refractivity contribution in [3.8, 4) is 0 Å². The second-order valence-corrected chi connectivity index (χ2v) is 7.71. The Morgan fingerprint density at radius 3 is 2.40 bits per heavy atom. The number of halogens is 1. The second kappa shape index (κ2) is 7.67. The number of sulfone groups is 1. The summed E-state index contributed by atoms with van der Waals surface area (Å²) in [6.07, 6.45) is 1.35. The molecular formula is C17H17ClN2O4S. The molecule has 0 saturated carbocycles. The predicted octanol–water partition coefficient (Wildman–Crippen LogP) is 3.34. The van der Waals surface area contributed by atoms with E-state index in [0.29, 0.717) is 12.1 Å². The highest BCUT2D eigenvalue weighted by Crippen LogP contribution is 2.27. The molecule has 0 aliphatic carbocycles. The maximum absolute atomic E-state index is 12.5. The van der Waals surface area contributed by atoms with Gasteiger partial charge in [-0.15, -0.1) is 0 Å². The number of carbonyl (C=O) groups excluding carboxylic acids is 2. The van der Waals surface area contributed by atoms with Crippen LogP contribution in [-0.2, 0) is 14.6 Å². The van der Waals surface area contributed by atoms with E-state index in [4.69, 9.17) is 11.6 Å². The number of hydrogen-bond donors (Lipinski definition) is 2. The maximum Gasteiger partial charge on any atom is 0.257 e. The summed E-state index contributed by atoms with van der Waals surface area (Å²) in [6.45, 7) is 1.72. The molecule has 0 bridgehead atoms. The van der Waals surface area contributed by atoms with Crippen molar-refractivity contribution in [1.29, 1.82) is 0 Å². The van der Waals surface area contributed by atoms with Crippen molar-refractivity contribution >= 4 is 44.6 Å². The molecule has 0 spiro atoms. The third-order valence-electron chi connectivity index (χ3n) is 3.35. The fourth-order valence-electron chi connectivity index (χ4n) is 2.12. The number of amides is 2. The van der Waals surface area contributed by atoms with E-state index in [9.17, 15) is 18.0 Å². The van der Waals surface area contributed by atoms with Gasteiger partial charge in [0.05, 0.1) is 21.2 Å². The van der Waals surface area contributed by atoms with Gasteiger partial charge >= 0.3 is 0 Å². The summed E-state index contributed by atoms with van der Waals surface area (Å²) in [5, 5.41) is 5.51. The van der Waals surface area contributed by atoms with Crippen molar-refractivity contribution in [3.63, 3.8) is 0 Å². The Bertz CT molecular complexity index is 926. The first-order valence-corrected chi connectivity index (χ1v) is 9.69. The maximum atomic E-state index is 12.5. The molecule has 0 aliphatic heterocycles. The summed E-state index contributed by atoms with van der Waals surface area (Å²) >= 11 is 6.08. The van der Waals surface area contributed by atoms with Crippen LogP contribution in [0.2, 0.25) is 5.02 Å². The Labute approximate surface area is 151 Å². The molecule has 0 radical (unpaired) electrons. The predicted molar refractivity (Wildman–Crippen MR) is 97.9 cm³/mol.